The third-order valence-corrected chi connectivity index (χ3v) is 4.47. The Hall–Kier alpha value is -3.33. The maximum atomic E-state index is 13.7. The molecule has 0 aliphatic rings. The quantitative estimate of drug-likeness (QED) is 0.597. The van der Waals surface area contributed by atoms with Gasteiger partial charge in [-0.3, -0.25) is 10.1 Å². The number of benzene rings is 2. The van der Waals surface area contributed by atoms with Gasteiger partial charge in [-0.25, -0.2) is 4.39 Å². The van der Waals surface area contributed by atoms with Crippen LogP contribution < -0.4 is 10.1 Å². The number of hydrogen-bond acceptors (Lipinski definition) is 6. The van der Waals surface area contributed by atoms with Crippen molar-refractivity contribution in [3.63, 3.8) is 0 Å². The first-order chi connectivity index (χ1) is 12.7. The molecule has 0 atom stereocenters. The molecule has 0 unspecified atom stereocenters. The Balaban J connectivity index is 1.66. The molecule has 0 saturated heterocycles. The topological polar surface area (TPSA) is 81.4 Å². The molecule has 0 radical (unpaired) electrons. The van der Waals surface area contributed by atoms with Crippen molar-refractivity contribution in [3.05, 3.63) is 59.9 Å². The van der Waals surface area contributed by atoms with Gasteiger partial charge in [0.2, 0.25) is 10.1 Å². The number of anilines is 1. The zero-order chi connectivity index (χ0) is 18.1. The highest BCUT2D eigenvalue weighted by Crippen LogP contribution is 2.26. The van der Waals surface area contributed by atoms with Crippen molar-refractivity contribution in [1.82, 2.24) is 19.8 Å². The van der Waals surface area contributed by atoms with Crippen LogP contribution in [-0.2, 0) is 0 Å². The molecule has 0 saturated carbocycles. The number of carbonyl (C=O) groups excluding carboxylic acids is 1. The van der Waals surface area contributed by atoms with Gasteiger partial charge in [0, 0.05) is 5.56 Å². The predicted molar refractivity (Wildman–Crippen MR) is 95.0 cm³/mol. The van der Waals surface area contributed by atoms with E-state index in [-0.39, 0.29) is 5.56 Å². The molecule has 4 rings (SSSR count). The number of ether oxygens (including phenoxy) is 1. The smallest absolute Gasteiger partial charge is 0.260 e. The van der Waals surface area contributed by atoms with Crippen LogP contribution in [0.15, 0.2) is 48.5 Å². The molecular weight excluding hydrogens is 357 g/mol. The lowest BCUT2D eigenvalue weighted by Gasteiger charge is -2.02. The molecule has 1 N–H and O–H groups in total. The van der Waals surface area contributed by atoms with Crippen molar-refractivity contribution in [3.8, 4) is 17.1 Å². The van der Waals surface area contributed by atoms with E-state index >= 15 is 0 Å². The molecule has 0 bridgehead atoms. The average Bonchev–Trinajstić information content (AvgIpc) is 3.22. The molecule has 26 heavy (non-hydrogen) atoms. The fraction of sp³-hybridized carbons (Fsp3) is 0.0588. The summed E-state index contributed by atoms with van der Waals surface area (Å²) in [6.45, 7) is 0. The van der Waals surface area contributed by atoms with Gasteiger partial charge >= 0.3 is 0 Å². The Morgan fingerprint density at radius 3 is 2.85 bits per heavy atom. The molecule has 2 aromatic carbocycles. The van der Waals surface area contributed by atoms with E-state index in [4.69, 9.17) is 4.74 Å². The van der Waals surface area contributed by atoms with E-state index in [2.05, 4.69) is 20.6 Å². The Morgan fingerprint density at radius 1 is 1.19 bits per heavy atom. The minimum atomic E-state index is -0.593. The first-order valence-electron chi connectivity index (χ1n) is 7.58. The highest BCUT2D eigenvalue weighted by Gasteiger charge is 2.17. The summed E-state index contributed by atoms with van der Waals surface area (Å²) < 4.78 is 20.5. The van der Waals surface area contributed by atoms with E-state index in [1.165, 1.54) is 22.7 Å². The molecule has 9 heteroatoms. The standard InChI is InChI=1S/C17H12FN5O2S/c1-25-11-6-4-5-10(9-11)14-20-21-17-23(14)22-16(26-17)19-15(24)12-7-2-3-8-13(12)18/h2-9H,1H3,(H,19,22,24). The number of amides is 1. The van der Waals surface area contributed by atoms with Crippen LogP contribution in [0.25, 0.3) is 16.3 Å². The third-order valence-electron chi connectivity index (χ3n) is 3.66. The average molecular weight is 369 g/mol. The summed E-state index contributed by atoms with van der Waals surface area (Å²) in [6.07, 6.45) is 0. The van der Waals surface area contributed by atoms with E-state index in [0.29, 0.717) is 21.7 Å². The van der Waals surface area contributed by atoms with Gasteiger partial charge < -0.3 is 4.74 Å². The van der Waals surface area contributed by atoms with Gasteiger partial charge in [0.25, 0.3) is 5.91 Å². The van der Waals surface area contributed by atoms with Crippen LogP contribution >= 0.6 is 11.3 Å². The fourth-order valence-corrected chi connectivity index (χ4v) is 3.15. The van der Waals surface area contributed by atoms with E-state index in [9.17, 15) is 9.18 Å². The normalized spacial score (nSPS) is 10.8. The van der Waals surface area contributed by atoms with Gasteiger partial charge in [-0.05, 0) is 24.3 Å². The van der Waals surface area contributed by atoms with Gasteiger partial charge in [0.1, 0.15) is 11.6 Å². The summed E-state index contributed by atoms with van der Waals surface area (Å²) in [5.41, 5.74) is 0.723. The summed E-state index contributed by atoms with van der Waals surface area (Å²) in [5.74, 6) is 0.0326. The number of carbonyl (C=O) groups is 1. The maximum absolute atomic E-state index is 13.7. The largest absolute Gasteiger partial charge is 0.497 e. The Bertz CT molecular complexity index is 1110. The van der Waals surface area contributed by atoms with Crippen LogP contribution in [-0.4, -0.2) is 32.8 Å². The van der Waals surface area contributed by atoms with Crippen molar-refractivity contribution < 1.29 is 13.9 Å². The van der Waals surface area contributed by atoms with Crippen LogP contribution in [0.2, 0.25) is 0 Å². The fourth-order valence-electron chi connectivity index (χ4n) is 2.42. The molecule has 1 amide bonds. The van der Waals surface area contributed by atoms with Crippen LogP contribution in [0.5, 0.6) is 5.75 Å². The SMILES string of the molecule is COc1cccc(-c2nnc3sc(NC(=O)c4ccccc4F)nn23)c1. The van der Waals surface area contributed by atoms with Crippen LogP contribution in [0.4, 0.5) is 9.52 Å². The van der Waals surface area contributed by atoms with Gasteiger partial charge in [0.05, 0.1) is 12.7 Å². The molecule has 2 aromatic heterocycles. The highest BCUT2D eigenvalue weighted by atomic mass is 32.1. The molecule has 4 aromatic rings. The lowest BCUT2D eigenvalue weighted by Crippen LogP contribution is -2.13. The second-order valence-electron chi connectivity index (χ2n) is 5.29. The number of nitrogens with zero attached hydrogens (tertiary/aromatic N) is 4. The van der Waals surface area contributed by atoms with Crippen molar-refractivity contribution in [2.24, 2.45) is 0 Å². The molecular formula is C17H12FN5O2S. The highest BCUT2D eigenvalue weighted by molar-refractivity contribution is 7.20. The molecule has 130 valence electrons. The molecule has 7 nitrogen and oxygen atoms in total. The first-order valence-corrected chi connectivity index (χ1v) is 8.40. The van der Waals surface area contributed by atoms with Gasteiger partial charge in [-0.15, -0.1) is 15.3 Å². The summed E-state index contributed by atoms with van der Waals surface area (Å²) >= 11 is 1.14. The van der Waals surface area contributed by atoms with Gasteiger partial charge in [-0.1, -0.05) is 35.6 Å². The zero-order valence-corrected chi connectivity index (χ0v) is 14.3. The minimum absolute atomic E-state index is 0.0496. The van der Waals surface area contributed by atoms with Crippen LogP contribution in [0.3, 0.4) is 0 Å². The first kappa shape index (κ1) is 16.2. The third kappa shape index (κ3) is 2.88. The van der Waals surface area contributed by atoms with Crippen molar-refractivity contribution in [2.45, 2.75) is 0 Å². The lowest BCUT2D eigenvalue weighted by atomic mass is 10.2. The maximum Gasteiger partial charge on any atom is 0.260 e. The Morgan fingerprint density at radius 2 is 2.04 bits per heavy atom. The predicted octanol–water partition coefficient (Wildman–Crippen LogP) is 3.25. The summed E-state index contributed by atoms with van der Waals surface area (Å²) in [4.78, 5) is 12.7. The number of aromatic nitrogens is 4. The second kappa shape index (κ2) is 6.52. The van der Waals surface area contributed by atoms with Crippen molar-refractivity contribution >= 4 is 27.3 Å². The zero-order valence-electron chi connectivity index (χ0n) is 13.5. The van der Waals surface area contributed by atoms with E-state index in [0.717, 1.165) is 16.9 Å². The van der Waals surface area contributed by atoms with Gasteiger partial charge in [-0.2, -0.15) is 4.52 Å². The number of rotatable bonds is 4. The molecule has 2 heterocycles. The molecule has 0 spiro atoms. The van der Waals surface area contributed by atoms with E-state index < -0.39 is 11.7 Å². The molecule has 0 fully saturated rings. The lowest BCUT2D eigenvalue weighted by molar-refractivity contribution is 0.102. The number of nitrogens with one attached hydrogen (secondary N) is 1. The van der Waals surface area contributed by atoms with E-state index in [1.807, 2.05) is 24.3 Å². The summed E-state index contributed by atoms with van der Waals surface area (Å²) in [7, 11) is 1.58. The Kier molecular flexibility index (Phi) is 4.05. The van der Waals surface area contributed by atoms with Crippen molar-refractivity contribution in [2.75, 3.05) is 12.4 Å². The summed E-state index contributed by atoms with van der Waals surface area (Å²) in [6, 6.07) is 13.1. The monoisotopic (exact) mass is 369 g/mol. The second-order valence-corrected chi connectivity index (χ2v) is 6.25. The summed E-state index contributed by atoms with van der Waals surface area (Å²) in [5, 5.41) is 15.4. The number of methoxy groups -OCH3 is 1. The number of fused-ring (bicyclic) bond motifs is 1. The minimum Gasteiger partial charge on any atom is -0.497 e. The number of hydrogen-bond donors (Lipinski definition) is 1. The number of halogens is 1. The van der Waals surface area contributed by atoms with Crippen LogP contribution in [0, 0.1) is 5.82 Å². The Labute approximate surface area is 151 Å². The van der Waals surface area contributed by atoms with Crippen molar-refractivity contribution in [1.29, 1.82) is 0 Å². The van der Waals surface area contributed by atoms with Gasteiger partial charge in [0.15, 0.2) is 5.82 Å². The molecule has 0 aliphatic carbocycles. The molecule has 0 aliphatic heterocycles. The van der Waals surface area contributed by atoms with E-state index in [1.54, 1.807) is 13.2 Å². The van der Waals surface area contributed by atoms with Crippen LogP contribution in [0.1, 0.15) is 10.4 Å².